The molecule has 1 saturated carbocycles. The summed E-state index contributed by atoms with van der Waals surface area (Å²) in [5.74, 6) is 0.918. The first kappa shape index (κ1) is 19.5. The van der Waals surface area contributed by atoms with E-state index in [-0.39, 0.29) is 5.41 Å². The Balaban J connectivity index is 1.66. The van der Waals surface area contributed by atoms with Crippen LogP contribution >= 0.6 is 0 Å². The Kier molecular flexibility index (Phi) is 5.48. The first-order chi connectivity index (χ1) is 13.5. The Labute approximate surface area is 169 Å². The van der Waals surface area contributed by atoms with Crippen LogP contribution in [0.4, 0.5) is 0 Å². The van der Waals surface area contributed by atoms with Crippen LogP contribution in [0.5, 0.6) is 5.75 Å². The minimum absolute atomic E-state index is 0.144. The maximum Gasteiger partial charge on any atom is 0.120 e. The van der Waals surface area contributed by atoms with E-state index in [9.17, 15) is 5.11 Å². The summed E-state index contributed by atoms with van der Waals surface area (Å²) in [6.45, 7) is 1.57. The molecule has 150 valence electrons. The molecule has 4 rings (SSSR count). The number of ether oxygens (including phenoxy) is 1. The average molecular weight is 380 g/mol. The zero-order valence-corrected chi connectivity index (χ0v) is 17.3. The van der Waals surface area contributed by atoms with Gasteiger partial charge in [-0.1, -0.05) is 49.2 Å². The first-order valence-corrected chi connectivity index (χ1v) is 10.7. The first-order valence-electron chi connectivity index (χ1n) is 10.7. The summed E-state index contributed by atoms with van der Waals surface area (Å²) < 4.78 is 6.15. The molecular formula is C25H33NO2. The lowest BCUT2D eigenvalue weighted by Crippen LogP contribution is -2.57. The molecule has 2 aromatic carbocycles. The highest BCUT2D eigenvalue weighted by molar-refractivity contribution is 5.46. The van der Waals surface area contributed by atoms with E-state index in [1.165, 1.54) is 23.1 Å². The summed E-state index contributed by atoms with van der Waals surface area (Å²) >= 11 is 0. The fourth-order valence-electron chi connectivity index (χ4n) is 5.36. The van der Waals surface area contributed by atoms with E-state index in [1.807, 2.05) is 18.2 Å². The number of nitrogens with zero attached hydrogens (tertiary/aromatic N) is 1. The lowest BCUT2D eigenvalue weighted by Gasteiger charge is -2.55. The molecule has 28 heavy (non-hydrogen) atoms. The number of hydrogen-bond donors (Lipinski definition) is 1. The van der Waals surface area contributed by atoms with Crippen LogP contribution in [0, 0.1) is 0 Å². The van der Waals surface area contributed by atoms with Gasteiger partial charge in [-0.05, 0) is 81.6 Å². The fourth-order valence-corrected chi connectivity index (χ4v) is 5.36. The second kappa shape index (κ2) is 7.88. The lowest BCUT2D eigenvalue weighted by atomic mass is 9.53. The quantitative estimate of drug-likeness (QED) is 0.789. The monoisotopic (exact) mass is 379 g/mol. The van der Waals surface area contributed by atoms with Crippen molar-refractivity contribution in [3.63, 3.8) is 0 Å². The molecule has 0 heterocycles. The minimum Gasteiger partial charge on any atom is -0.489 e. The van der Waals surface area contributed by atoms with E-state index in [2.05, 4.69) is 49.3 Å². The van der Waals surface area contributed by atoms with Gasteiger partial charge in [-0.2, -0.15) is 0 Å². The number of hydrogen-bond acceptors (Lipinski definition) is 3. The van der Waals surface area contributed by atoms with Crippen LogP contribution < -0.4 is 4.74 Å². The Morgan fingerprint density at radius 2 is 1.79 bits per heavy atom. The average Bonchev–Trinajstić information content (AvgIpc) is 2.71. The third-order valence-electron chi connectivity index (χ3n) is 6.97. The van der Waals surface area contributed by atoms with Crippen LogP contribution in [0.3, 0.4) is 0 Å². The predicted molar refractivity (Wildman–Crippen MR) is 114 cm³/mol. The third kappa shape index (κ3) is 3.58. The van der Waals surface area contributed by atoms with Gasteiger partial charge in [0.25, 0.3) is 0 Å². The molecule has 0 unspecified atom stereocenters. The smallest absolute Gasteiger partial charge is 0.120 e. The molecule has 2 atom stereocenters. The van der Waals surface area contributed by atoms with Crippen LogP contribution in [0.25, 0.3) is 0 Å². The normalized spacial score (nSPS) is 26.6. The van der Waals surface area contributed by atoms with Crippen LogP contribution in [0.1, 0.15) is 55.2 Å². The molecule has 0 saturated heterocycles. The van der Waals surface area contributed by atoms with E-state index < -0.39 is 5.60 Å². The number of aliphatic hydroxyl groups is 1. The second-order valence-electron chi connectivity index (χ2n) is 8.97. The highest BCUT2D eigenvalue weighted by Gasteiger charge is 2.54. The van der Waals surface area contributed by atoms with Crippen molar-refractivity contribution in [1.29, 1.82) is 0 Å². The molecule has 0 amide bonds. The van der Waals surface area contributed by atoms with Gasteiger partial charge >= 0.3 is 0 Å². The fraction of sp³-hybridized carbons (Fsp3) is 0.520. The number of aryl methyl sites for hydroxylation is 1. The summed E-state index contributed by atoms with van der Waals surface area (Å²) in [5, 5.41) is 11.7. The molecular weight excluding hydrogens is 346 g/mol. The molecule has 1 N–H and O–H groups in total. The number of benzene rings is 2. The summed E-state index contributed by atoms with van der Waals surface area (Å²) in [5.41, 5.74) is 3.20. The maximum atomic E-state index is 11.7. The highest BCUT2D eigenvalue weighted by Crippen LogP contribution is 2.55. The largest absolute Gasteiger partial charge is 0.489 e. The SMILES string of the molecule is CN(C)CC[C@]12CCCC[C@@]1(O)CCc1ccc(OCc3ccccc3)cc12. The molecule has 3 heteroatoms. The second-order valence-corrected chi connectivity index (χ2v) is 8.97. The molecule has 0 radical (unpaired) electrons. The van der Waals surface area contributed by atoms with E-state index in [4.69, 9.17) is 4.74 Å². The van der Waals surface area contributed by atoms with Crippen LogP contribution in [-0.4, -0.2) is 36.2 Å². The van der Waals surface area contributed by atoms with Gasteiger partial charge in [0.2, 0.25) is 0 Å². The van der Waals surface area contributed by atoms with Crippen molar-refractivity contribution in [1.82, 2.24) is 4.90 Å². The van der Waals surface area contributed by atoms with Crippen molar-refractivity contribution in [2.45, 2.75) is 62.6 Å². The molecule has 2 aromatic rings. The lowest BCUT2D eigenvalue weighted by molar-refractivity contribution is -0.0887. The van der Waals surface area contributed by atoms with E-state index in [0.29, 0.717) is 6.61 Å². The van der Waals surface area contributed by atoms with Gasteiger partial charge in [-0.15, -0.1) is 0 Å². The van der Waals surface area contributed by atoms with Gasteiger partial charge in [-0.25, -0.2) is 0 Å². The van der Waals surface area contributed by atoms with Gasteiger partial charge in [0.15, 0.2) is 0 Å². The van der Waals surface area contributed by atoms with Crippen LogP contribution in [0.2, 0.25) is 0 Å². The van der Waals surface area contributed by atoms with Crippen molar-refractivity contribution in [3.8, 4) is 5.75 Å². The summed E-state index contributed by atoms with van der Waals surface area (Å²) in [4.78, 5) is 2.24. The number of fused-ring (bicyclic) bond motifs is 3. The van der Waals surface area contributed by atoms with Gasteiger partial charge in [0.1, 0.15) is 12.4 Å². The van der Waals surface area contributed by atoms with Gasteiger partial charge in [-0.3, -0.25) is 0 Å². The van der Waals surface area contributed by atoms with Gasteiger partial charge in [0, 0.05) is 5.41 Å². The Morgan fingerprint density at radius 3 is 2.57 bits per heavy atom. The van der Waals surface area contributed by atoms with Gasteiger partial charge < -0.3 is 14.7 Å². The van der Waals surface area contributed by atoms with E-state index in [0.717, 1.165) is 50.8 Å². The molecule has 0 spiro atoms. The number of rotatable bonds is 6. The molecule has 0 aromatic heterocycles. The van der Waals surface area contributed by atoms with Crippen molar-refractivity contribution in [2.24, 2.45) is 0 Å². The van der Waals surface area contributed by atoms with Crippen LogP contribution in [-0.2, 0) is 18.4 Å². The molecule has 0 aliphatic heterocycles. The van der Waals surface area contributed by atoms with Crippen molar-refractivity contribution in [2.75, 3.05) is 20.6 Å². The molecule has 2 aliphatic rings. The van der Waals surface area contributed by atoms with Crippen molar-refractivity contribution >= 4 is 0 Å². The Hall–Kier alpha value is -1.84. The van der Waals surface area contributed by atoms with Crippen LogP contribution in [0.15, 0.2) is 48.5 Å². The zero-order chi connectivity index (χ0) is 19.6. The van der Waals surface area contributed by atoms with Gasteiger partial charge in [0.05, 0.1) is 5.60 Å². The Bertz CT molecular complexity index is 803. The topological polar surface area (TPSA) is 32.7 Å². The summed E-state index contributed by atoms with van der Waals surface area (Å²) in [6, 6.07) is 16.9. The standard InChI is InChI=1S/C25H33NO2/c1-26(2)17-16-24-13-6-7-14-25(24,27)15-12-21-10-11-22(18-23(21)24)28-19-20-8-4-3-5-9-20/h3-5,8-11,18,27H,6-7,12-17,19H2,1-2H3/t24-,25+/m0/s1. The minimum atomic E-state index is -0.577. The van der Waals surface area contributed by atoms with E-state index >= 15 is 0 Å². The third-order valence-corrected chi connectivity index (χ3v) is 6.97. The van der Waals surface area contributed by atoms with Crippen molar-refractivity contribution < 1.29 is 9.84 Å². The maximum absolute atomic E-state index is 11.7. The zero-order valence-electron chi connectivity index (χ0n) is 17.3. The highest BCUT2D eigenvalue weighted by atomic mass is 16.5. The predicted octanol–water partition coefficient (Wildman–Crippen LogP) is 4.71. The summed E-state index contributed by atoms with van der Waals surface area (Å²) in [7, 11) is 4.25. The molecule has 3 nitrogen and oxygen atoms in total. The summed E-state index contributed by atoms with van der Waals surface area (Å²) in [6.07, 6.45) is 7.20. The molecule has 0 bridgehead atoms. The molecule has 1 fully saturated rings. The Morgan fingerprint density at radius 1 is 1.00 bits per heavy atom. The van der Waals surface area contributed by atoms with E-state index in [1.54, 1.807) is 0 Å². The molecule has 2 aliphatic carbocycles. The van der Waals surface area contributed by atoms with Crippen molar-refractivity contribution in [3.05, 3.63) is 65.2 Å².